The van der Waals surface area contributed by atoms with Gasteiger partial charge in [0, 0.05) is 17.5 Å². The van der Waals surface area contributed by atoms with E-state index in [9.17, 15) is 5.26 Å². The number of nitriles is 1. The van der Waals surface area contributed by atoms with Crippen molar-refractivity contribution in [3.63, 3.8) is 0 Å². The molecule has 0 saturated heterocycles. The van der Waals surface area contributed by atoms with E-state index in [-0.39, 0.29) is 0 Å². The van der Waals surface area contributed by atoms with E-state index in [0.29, 0.717) is 12.6 Å². The molecule has 0 atom stereocenters. The summed E-state index contributed by atoms with van der Waals surface area (Å²) in [7, 11) is 0. The van der Waals surface area contributed by atoms with Crippen LogP contribution >= 0.6 is 0 Å². The standard InChI is InChI=1S/C21H20N2O/c1-2-24-17-11-12-18-19(14-22)21(15-7-4-3-5-8-15)23(20(18)13-17)16-9-6-10-16/h3-5,7-8,11-13,16H,2,6,9-10H2,1H3. The number of rotatable bonds is 4. The molecule has 3 heteroatoms. The molecule has 24 heavy (non-hydrogen) atoms. The zero-order valence-electron chi connectivity index (χ0n) is 13.8. The van der Waals surface area contributed by atoms with Gasteiger partial charge in [0.05, 0.1) is 23.4 Å². The predicted octanol–water partition coefficient (Wildman–Crippen LogP) is 5.30. The van der Waals surface area contributed by atoms with Gasteiger partial charge in [-0.15, -0.1) is 0 Å². The first-order chi connectivity index (χ1) is 11.8. The fraction of sp³-hybridized carbons (Fsp3) is 0.286. The smallest absolute Gasteiger partial charge is 0.121 e. The third-order valence-corrected chi connectivity index (χ3v) is 4.89. The van der Waals surface area contributed by atoms with Crippen LogP contribution in [0.15, 0.2) is 48.5 Å². The van der Waals surface area contributed by atoms with Crippen molar-refractivity contribution in [1.82, 2.24) is 4.57 Å². The second-order valence-electron chi connectivity index (χ2n) is 6.27. The van der Waals surface area contributed by atoms with Gasteiger partial charge in [-0.1, -0.05) is 30.3 Å². The van der Waals surface area contributed by atoms with E-state index in [1.165, 1.54) is 19.3 Å². The molecule has 1 aliphatic carbocycles. The molecule has 1 aliphatic rings. The molecule has 2 aromatic carbocycles. The lowest BCUT2D eigenvalue weighted by atomic mass is 9.92. The van der Waals surface area contributed by atoms with Crippen molar-refractivity contribution in [3.05, 3.63) is 54.1 Å². The minimum absolute atomic E-state index is 0.474. The lowest BCUT2D eigenvalue weighted by Gasteiger charge is -2.30. The van der Waals surface area contributed by atoms with Crippen molar-refractivity contribution < 1.29 is 4.74 Å². The van der Waals surface area contributed by atoms with Gasteiger partial charge >= 0.3 is 0 Å². The Labute approximate surface area is 142 Å². The summed E-state index contributed by atoms with van der Waals surface area (Å²) in [5.41, 5.74) is 4.04. The average Bonchev–Trinajstić information content (AvgIpc) is 2.88. The Morgan fingerprint density at radius 3 is 2.58 bits per heavy atom. The van der Waals surface area contributed by atoms with Crippen LogP contribution in [0.3, 0.4) is 0 Å². The minimum Gasteiger partial charge on any atom is -0.494 e. The lowest BCUT2D eigenvalue weighted by Crippen LogP contribution is -2.17. The molecule has 0 N–H and O–H groups in total. The summed E-state index contributed by atoms with van der Waals surface area (Å²) in [5, 5.41) is 10.9. The van der Waals surface area contributed by atoms with E-state index in [0.717, 1.165) is 33.5 Å². The molecule has 3 nitrogen and oxygen atoms in total. The van der Waals surface area contributed by atoms with Gasteiger partial charge in [-0.05, 0) is 43.9 Å². The molecule has 0 unspecified atom stereocenters. The van der Waals surface area contributed by atoms with E-state index in [4.69, 9.17) is 4.74 Å². The minimum atomic E-state index is 0.474. The molecule has 0 bridgehead atoms. The fourth-order valence-corrected chi connectivity index (χ4v) is 3.56. The van der Waals surface area contributed by atoms with E-state index in [1.807, 2.05) is 37.3 Å². The van der Waals surface area contributed by atoms with Crippen LogP contribution in [-0.2, 0) is 0 Å². The molecular formula is C21H20N2O. The zero-order chi connectivity index (χ0) is 16.5. The zero-order valence-corrected chi connectivity index (χ0v) is 13.8. The number of nitrogens with zero attached hydrogens (tertiary/aromatic N) is 2. The number of hydrogen-bond acceptors (Lipinski definition) is 2. The van der Waals surface area contributed by atoms with Crippen molar-refractivity contribution in [2.45, 2.75) is 32.2 Å². The molecule has 4 rings (SSSR count). The maximum absolute atomic E-state index is 9.84. The average molecular weight is 316 g/mol. The monoisotopic (exact) mass is 316 g/mol. The molecule has 3 aromatic rings. The van der Waals surface area contributed by atoms with E-state index in [2.05, 4.69) is 28.8 Å². The number of hydrogen-bond donors (Lipinski definition) is 0. The molecule has 0 radical (unpaired) electrons. The Morgan fingerprint density at radius 2 is 1.96 bits per heavy atom. The maximum Gasteiger partial charge on any atom is 0.121 e. The van der Waals surface area contributed by atoms with E-state index in [1.54, 1.807) is 0 Å². The summed E-state index contributed by atoms with van der Waals surface area (Å²) in [6.45, 7) is 2.64. The summed E-state index contributed by atoms with van der Waals surface area (Å²) in [5.74, 6) is 0.868. The summed E-state index contributed by atoms with van der Waals surface area (Å²) >= 11 is 0. The first-order valence-corrected chi connectivity index (χ1v) is 8.59. The molecule has 1 fully saturated rings. The van der Waals surface area contributed by atoms with Crippen molar-refractivity contribution in [2.24, 2.45) is 0 Å². The van der Waals surface area contributed by atoms with Crippen LogP contribution in [0.1, 0.15) is 37.8 Å². The Hall–Kier alpha value is -2.73. The molecule has 0 spiro atoms. The van der Waals surface area contributed by atoms with Gasteiger partial charge in [-0.3, -0.25) is 0 Å². The number of benzene rings is 2. The summed E-state index contributed by atoms with van der Waals surface area (Å²) in [6.07, 6.45) is 3.60. The van der Waals surface area contributed by atoms with Crippen LogP contribution < -0.4 is 4.74 Å². The second kappa shape index (κ2) is 6.05. The Bertz CT molecular complexity index is 914. The van der Waals surface area contributed by atoms with Crippen LogP contribution in [0, 0.1) is 11.3 Å². The molecule has 0 aliphatic heterocycles. The van der Waals surface area contributed by atoms with Crippen molar-refractivity contribution >= 4 is 10.9 Å². The third kappa shape index (κ3) is 2.27. The van der Waals surface area contributed by atoms with Gasteiger partial charge in [-0.25, -0.2) is 0 Å². The van der Waals surface area contributed by atoms with Crippen molar-refractivity contribution in [2.75, 3.05) is 6.61 Å². The van der Waals surface area contributed by atoms with Gasteiger partial charge in [0.1, 0.15) is 11.8 Å². The van der Waals surface area contributed by atoms with Crippen LogP contribution in [0.5, 0.6) is 5.75 Å². The summed E-state index contributed by atoms with van der Waals surface area (Å²) in [4.78, 5) is 0. The SMILES string of the molecule is CCOc1ccc2c(C#N)c(-c3ccccc3)n(C3CCC3)c2c1. The van der Waals surface area contributed by atoms with Gasteiger partial charge < -0.3 is 9.30 Å². The summed E-state index contributed by atoms with van der Waals surface area (Å²) in [6, 6.07) is 19.3. The highest BCUT2D eigenvalue weighted by Gasteiger charge is 2.27. The van der Waals surface area contributed by atoms with Crippen molar-refractivity contribution in [3.8, 4) is 23.1 Å². The first kappa shape index (κ1) is 14.8. The van der Waals surface area contributed by atoms with E-state index >= 15 is 0 Å². The van der Waals surface area contributed by atoms with Gasteiger partial charge in [-0.2, -0.15) is 5.26 Å². The van der Waals surface area contributed by atoms with Crippen LogP contribution in [-0.4, -0.2) is 11.2 Å². The predicted molar refractivity (Wildman–Crippen MR) is 96.1 cm³/mol. The fourth-order valence-electron chi connectivity index (χ4n) is 3.56. The third-order valence-electron chi connectivity index (χ3n) is 4.89. The highest BCUT2D eigenvalue weighted by Crippen LogP contribution is 2.43. The highest BCUT2D eigenvalue weighted by atomic mass is 16.5. The van der Waals surface area contributed by atoms with Crippen LogP contribution in [0.4, 0.5) is 0 Å². The Balaban J connectivity index is 2.03. The maximum atomic E-state index is 9.84. The number of ether oxygens (including phenoxy) is 1. The van der Waals surface area contributed by atoms with Gasteiger partial charge in [0.15, 0.2) is 0 Å². The second-order valence-corrected chi connectivity index (χ2v) is 6.27. The normalized spacial score (nSPS) is 14.3. The topological polar surface area (TPSA) is 37.9 Å². The van der Waals surface area contributed by atoms with E-state index < -0.39 is 0 Å². The quantitative estimate of drug-likeness (QED) is 0.654. The summed E-state index contributed by atoms with van der Waals surface area (Å²) < 4.78 is 8.06. The molecule has 0 amide bonds. The van der Waals surface area contributed by atoms with Crippen molar-refractivity contribution in [1.29, 1.82) is 5.26 Å². The number of fused-ring (bicyclic) bond motifs is 1. The van der Waals surface area contributed by atoms with Gasteiger partial charge in [0.25, 0.3) is 0 Å². The molecule has 1 aromatic heterocycles. The molecule has 120 valence electrons. The first-order valence-electron chi connectivity index (χ1n) is 8.59. The molecule has 1 heterocycles. The molecular weight excluding hydrogens is 296 g/mol. The molecule has 1 saturated carbocycles. The van der Waals surface area contributed by atoms with Crippen LogP contribution in [0.25, 0.3) is 22.2 Å². The largest absolute Gasteiger partial charge is 0.494 e. The van der Waals surface area contributed by atoms with Gasteiger partial charge in [0.2, 0.25) is 0 Å². The lowest BCUT2D eigenvalue weighted by molar-refractivity contribution is 0.322. The van der Waals surface area contributed by atoms with Crippen LogP contribution in [0.2, 0.25) is 0 Å². The highest BCUT2D eigenvalue weighted by molar-refractivity contribution is 5.95. The Kier molecular flexibility index (Phi) is 3.74. The number of aromatic nitrogens is 1. The Morgan fingerprint density at radius 1 is 1.17 bits per heavy atom.